The van der Waals surface area contributed by atoms with Gasteiger partial charge in [-0.1, -0.05) is 18.2 Å². The van der Waals surface area contributed by atoms with Crippen LogP contribution in [0.5, 0.6) is 11.5 Å². The number of benzene rings is 2. The molecule has 0 bridgehead atoms. The Balaban J connectivity index is 1.99. The second-order valence-corrected chi connectivity index (χ2v) is 6.90. The minimum absolute atomic E-state index is 0.0443. The monoisotopic (exact) mass is 448 g/mol. The van der Waals surface area contributed by atoms with Crippen molar-refractivity contribution in [1.82, 2.24) is 10.2 Å². The molecule has 1 aliphatic rings. The molecule has 1 fully saturated rings. The standard InChI is InChI=1S/C18H17BrF4N2O2/c19-15-14(20)6-5-13(17(15)26)16(25-9-7-24-8-10-25)11-1-3-12(4-2-11)27-18(21,22)23/h1-6,16,24,26H,7-10H2/t16-/m0/s1. The average Bonchev–Trinajstić information content (AvgIpc) is 2.63. The molecule has 1 aliphatic heterocycles. The Hall–Kier alpha value is -1.84. The molecule has 2 aromatic carbocycles. The topological polar surface area (TPSA) is 44.7 Å². The van der Waals surface area contributed by atoms with E-state index in [0.717, 1.165) is 13.1 Å². The summed E-state index contributed by atoms with van der Waals surface area (Å²) in [6, 6.07) is 7.79. The van der Waals surface area contributed by atoms with Gasteiger partial charge in [-0.15, -0.1) is 13.2 Å². The lowest BCUT2D eigenvalue weighted by molar-refractivity contribution is -0.274. The van der Waals surface area contributed by atoms with Crippen molar-refractivity contribution in [3.8, 4) is 11.5 Å². The van der Waals surface area contributed by atoms with Crippen LogP contribution in [0.15, 0.2) is 40.9 Å². The van der Waals surface area contributed by atoms with Crippen molar-refractivity contribution in [3.05, 3.63) is 57.8 Å². The fourth-order valence-corrected chi connectivity index (χ4v) is 3.52. The zero-order valence-electron chi connectivity index (χ0n) is 14.1. The summed E-state index contributed by atoms with van der Waals surface area (Å²) in [7, 11) is 0. The van der Waals surface area contributed by atoms with Crippen LogP contribution in [0.4, 0.5) is 17.6 Å². The van der Waals surface area contributed by atoms with Gasteiger partial charge in [-0.2, -0.15) is 0 Å². The van der Waals surface area contributed by atoms with Gasteiger partial charge in [0, 0.05) is 31.7 Å². The molecule has 0 aliphatic carbocycles. The van der Waals surface area contributed by atoms with Gasteiger partial charge in [0.2, 0.25) is 0 Å². The number of phenolic OH excluding ortho intramolecular Hbond substituents is 1. The van der Waals surface area contributed by atoms with Crippen LogP contribution in [0.25, 0.3) is 0 Å². The van der Waals surface area contributed by atoms with Crippen molar-refractivity contribution in [3.63, 3.8) is 0 Å². The van der Waals surface area contributed by atoms with Gasteiger partial charge < -0.3 is 15.2 Å². The summed E-state index contributed by atoms with van der Waals surface area (Å²) >= 11 is 3.04. The van der Waals surface area contributed by atoms with E-state index < -0.39 is 18.2 Å². The molecule has 0 spiro atoms. The maximum atomic E-state index is 13.7. The molecular weight excluding hydrogens is 432 g/mol. The Morgan fingerprint density at radius 3 is 2.30 bits per heavy atom. The third-order valence-electron chi connectivity index (χ3n) is 4.34. The molecule has 1 atom stereocenters. The number of ether oxygens (including phenoxy) is 1. The van der Waals surface area contributed by atoms with Gasteiger partial charge in [-0.25, -0.2) is 4.39 Å². The third kappa shape index (κ3) is 4.72. The third-order valence-corrected chi connectivity index (χ3v) is 5.10. The van der Waals surface area contributed by atoms with Gasteiger partial charge in [-0.05, 0) is 39.7 Å². The summed E-state index contributed by atoms with van der Waals surface area (Å²) in [5, 5.41) is 13.7. The van der Waals surface area contributed by atoms with E-state index in [-0.39, 0.29) is 16.0 Å². The Morgan fingerprint density at radius 2 is 1.70 bits per heavy atom. The molecule has 0 radical (unpaired) electrons. The van der Waals surface area contributed by atoms with Crippen molar-refractivity contribution in [1.29, 1.82) is 0 Å². The van der Waals surface area contributed by atoms with Crippen LogP contribution in [0.3, 0.4) is 0 Å². The maximum Gasteiger partial charge on any atom is 0.573 e. The molecule has 0 aromatic heterocycles. The molecule has 0 amide bonds. The summed E-state index contributed by atoms with van der Waals surface area (Å²) < 4.78 is 54.7. The first-order chi connectivity index (χ1) is 12.8. The van der Waals surface area contributed by atoms with Gasteiger partial charge >= 0.3 is 6.36 Å². The summed E-state index contributed by atoms with van der Waals surface area (Å²) in [6.07, 6.45) is -4.76. The van der Waals surface area contributed by atoms with Crippen molar-refractivity contribution in [2.45, 2.75) is 12.4 Å². The molecule has 27 heavy (non-hydrogen) atoms. The largest absolute Gasteiger partial charge is 0.573 e. The van der Waals surface area contributed by atoms with E-state index in [1.807, 2.05) is 0 Å². The molecule has 1 heterocycles. The quantitative estimate of drug-likeness (QED) is 0.688. The molecular formula is C18H17BrF4N2O2. The number of nitrogens with zero attached hydrogens (tertiary/aromatic N) is 1. The molecule has 3 rings (SSSR count). The van der Waals surface area contributed by atoms with Gasteiger partial charge in [0.1, 0.15) is 17.3 Å². The summed E-state index contributed by atoms with van der Waals surface area (Å²) in [6.45, 7) is 2.80. The second kappa shape index (κ2) is 8.04. The SMILES string of the molecule is Oc1c([C@H](c2ccc(OC(F)(F)F)cc2)N2CCNCC2)ccc(F)c1Br. The Kier molecular flexibility index (Phi) is 5.92. The lowest BCUT2D eigenvalue weighted by Gasteiger charge is -2.36. The van der Waals surface area contributed by atoms with Crippen LogP contribution in [-0.2, 0) is 0 Å². The normalized spacial score (nSPS) is 16.9. The Morgan fingerprint density at radius 1 is 1.07 bits per heavy atom. The number of piperazine rings is 1. The van der Waals surface area contributed by atoms with Gasteiger partial charge in [0.15, 0.2) is 0 Å². The van der Waals surface area contributed by atoms with E-state index >= 15 is 0 Å². The number of aromatic hydroxyl groups is 1. The van der Waals surface area contributed by atoms with Gasteiger partial charge in [0.25, 0.3) is 0 Å². The number of nitrogens with one attached hydrogen (secondary N) is 1. The number of halogens is 5. The van der Waals surface area contributed by atoms with Crippen LogP contribution in [0, 0.1) is 5.82 Å². The minimum Gasteiger partial charge on any atom is -0.506 e. The van der Waals surface area contributed by atoms with Crippen molar-refractivity contribution in [2.75, 3.05) is 26.2 Å². The van der Waals surface area contributed by atoms with Crippen LogP contribution >= 0.6 is 15.9 Å². The van der Waals surface area contributed by atoms with E-state index in [1.165, 1.54) is 36.4 Å². The Bertz CT molecular complexity index is 793. The fraction of sp³-hybridized carbons (Fsp3) is 0.333. The summed E-state index contributed by atoms with van der Waals surface area (Å²) in [5.74, 6) is -1.15. The van der Waals surface area contributed by atoms with Gasteiger partial charge in [0.05, 0.1) is 10.5 Å². The van der Waals surface area contributed by atoms with E-state index in [0.29, 0.717) is 24.2 Å². The first-order valence-corrected chi connectivity index (χ1v) is 9.03. The van der Waals surface area contributed by atoms with Gasteiger partial charge in [-0.3, -0.25) is 4.90 Å². The molecule has 1 saturated heterocycles. The van der Waals surface area contributed by atoms with Crippen LogP contribution in [-0.4, -0.2) is 42.5 Å². The fourth-order valence-electron chi connectivity index (χ4n) is 3.15. The van der Waals surface area contributed by atoms with Crippen molar-refractivity contribution >= 4 is 15.9 Å². The highest BCUT2D eigenvalue weighted by molar-refractivity contribution is 9.10. The molecule has 0 unspecified atom stereocenters. The van der Waals surface area contributed by atoms with Crippen LogP contribution in [0.2, 0.25) is 0 Å². The predicted molar refractivity (Wildman–Crippen MR) is 95.2 cm³/mol. The van der Waals surface area contributed by atoms with E-state index in [9.17, 15) is 22.7 Å². The van der Waals surface area contributed by atoms with E-state index in [1.54, 1.807) is 0 Å². The van der Waals surface area contributed by atoms with Crippen LogP contribution < -0.4 is 10.1 Å². The van der Waals surface area contributed by atoms with Crippen molar-refractivity contribution < 1.29 is 27.4 Å². The zero-order valence-corrected chi connectivity index (χ0v) is 15.6. The molecule has 2 N–H and O–H groups in total. The first-order valence-electron chi connectivity index (χ1n) is 8.23. The predicted octanol–water partition coefficient (Wildman–Crippen LogP) is 4.19. The van der Waals surface area contributed by atoms with E-state index in [4.69, 9.17) is 0 Å². The Labute approximate surface area is 161 Å². The molecule has 9 heteroatoms. The second-order valence-electron chi connectivity index (χ2n) is 6.10. The first kappa shape index (κ1) is 19.9. The van der Waals surface area contributed by atoms with E-state index in [2.05, 4.69) is 30.9 Å². The number of rotatable bonds is 4. The number of phenols is 1. The smallest absolute Gasteiger partial charge is 0.506 e. The highest BCUT2D eigenvalue weighted by atomic mass is 79.9. The minimum atomic E-state index is -4.76. The van der Waals surface area contributed by atoms with Crippen LogP contribution in [0.1, 0.15) is 17.2 Å². The molecule has 2 aromatic rings. The highest BCUT2D eigenvalue weighted by Crippen LogP contribution is 2.40. The number of hydrogen-bond donors (Lipinski definition) is 2. The van der Waals surface area contributed by atoms with Crippen molar-refractivity contribution in [2.24, 2.45) is 0 Å². The number of alkyl halides is 3. The summed E-state index contributed by atoms with van der Waals surface area (Å²) in [5.41, 5.74) is 1.13. The summed E-state index contributed by atoms with van der Waals surface area (Å²) in [4.78, 5) is 2.08. The lowest BCUT2D eigenvalue weighted by Crippen LogP contribution is -2.45. The molecule has 146 valence electrons. The average molecular weight is 449 g/mol. The highest BCUT2D eigenvalue weighted by Gasteiger charge is 2.32. The number of hydrogen-bond acceptors (Lipinski definition) is 4. The zero-order chi connectivity index (χ0) is 19.6. The molecule has 4 nitrogen and oxygen atoms in total. The molecule has 0 saturated carbocycles. The lowest BCUT2D eigenvalue weighted by atomic mass is 9.95. The maximum absolute atomic E-state index is 13.7.